The van der Waals surface area contributed by atoms with Crippen molar-refractivity contribution in [1.29, 1.82) is 5.41 Å². The molecular weight excluding hydrogens is 168 g/mol. The molecule has 0 aromatic carbocycles. The quantitative estimate of drug-likeness (QED) is 0.252. The number of nitrogens with one attached hydrogen (secondary N) is 2. The monoisotopic (exact) mass is 184 g/mol. The SMILES string of the molecule is C=CC(=O)NN(CCCC)C(=N)N. The second-order valence-electron chi connectivity index (χ2n) is 2.57. The summed E-state index contributed by atoms with van der Waals surface area (Å²) >= 11 is 0. The summed E-state index contributed by atoms with van der Waals surface area (Å²) in [7, 11) is 0. The van der Waals surface area contributed by atoms with Crippen molar-refractivity contribution in [3.63, 3.8) is 0 Å². The van der Waals surface area contributed by atoms with E-state index in [0.29, 0.717) is 6.54 Å². The number of unbranched alkanes of at least 4 members (excludes halogenated alkanes) is 1. The number of amides is 1. The van der Waals surface area contributed by atoms with Crippen LogP contribution in [0.2, 0.25) is 0 Å². The lowest BCUT2D eigenvalue weighted by Crippen LogP contribution is -2.49. The van der Waals surface area contributed by atoms with Crippen LogP contribution in [-0.2, 0) is 4.79 Å². The molecule has 0 saturated carbocycles. The van der Waals surface area contributed by atoms with Gasteiger partial charge in [0.2, 0.25) is 5.96 Å². The van der Waals surface area contributed by atoms with Gasteiger partial charge in [-0.25, -0.2) is 0 Å². The molecule has 0 aromatic rings. The maximum absolute atomic E-state index is 10.9. The molecule has 0 bridgehead atoms. The zero-order valence-electron chi connectivity index (χ0n) is 7.84. The molecule has 5 heteroatoms. The number of hydrazine groups is 1. The van der Waals surface area contributed by atoms with Crippen LogP contribution in [0.4, 0.5) is 0 Å². The van der Waals surface area contributed by atoms with Gasteiger partial charge in [0.05, 0.1) is 0 Å². The number of carbonyl (C=O) groups is 1. The van der Waals surface area contributed by atoms with E-state index in [4.69, 9.17) is 11.1 Å². The molecule has 0 rings (SSSR count). The predicted octanol–water partition coefficient (Wildman–Crippen LogP) is 0.199. The van der Waals surface area contributed by atoms with Crippen LogP contribution in [0.25, 0.3) is 0 Å². The molecule has 0 aliphatic rings. The van der Waals surface area contributed by atoms with E-state index in [2.05, 4.69) is 12.0 Å². The van der Waals surface area contributed by atoms with Crippen LogP contribution in [0.3, 0.4) is 0 Å². The third-order valence-electron chi connectivity index (χ3n) is 1.46. The lowest BCUT2D eigenvalue weighted by atomic mass is 10.3. The fourth-order valence-corrected chi connectivity index (χ4v) is 0.731. The van der Waals surface area contributed by atoms with Crippen molar-refractivity contribution in [2.24, 2.45) is 5.73 Å². The zero-order valence-corrected chi connectivity index (χ0v) is 7.84. The van der Waals surface area contributed by atoms with Gasteiger partial charge in [0, 0.05) is 6.54 Å². The Hall–Kier alpha value is -1.52. The van der Waals surface area contributed by atoms with Gasteiger partial charge in [0.1, 0.15) is 0 Å². The molecule has 0 saturated heterocycles. The molecule has 13 heavy (non-hydrogen) atoms. The second-order valence-corrected chi connectivity index (χ2v) is 2.57. The Kier molecular flexibility index (Phi) is 5.34. The highest BCUT2D eigenvalue weighted by Crippen LogP contribution is 1.90. The van der Waals surface area contributed by atoms with Crippen molar-refractivity contribution in [2.45, 2.75) is 19.8 Å². The van der Waals surface area contributed by atoms with Gasteiger partial charge in [-0.2, -0.15) is 0 Å². The Labute approximate surface area is 78.1 Å². The van der Waals surface area contributed by atoms with Crippen LogP contribution in [0.1, 0.15) is 19.8 Å². The van der Waals surface area contributed by atoms with Crippen LogP contribution in [-0.4, -0.2) is 23.4 Å². The standard InChI is InChI=1S/C8H16N4O/c1-3-5-6-12(8(9)10)11-7(13)4-2/h4H,2-3,5-6H2,1H3,(H3,9,10)(H,11,13). The molecule has 1 amide bonds. The summed E-state index contributed by atoms with van der Waals surface area (Å²) in [4.78, 5) is 10.9. The first-order valence-corrected chi connectivity index (χ1v) is 4.16. The second kappa shape index (κ2) is 6.05. The summed E-state index contributed by atoms with van der Waals surface area (Å²) in [5.41, 5.74) is 7.67. The third kappa shape index (κ3) is 4.84. The molecule has 0 spiro atoms. The number of rotatable bonds is 4. The van der Waals surface area contributed by atoms with Gasteiger partial charge < -0.3 is 5.73 Å². The molecule has 0 atom stereocenters. The molecule has 0 aromatic heterocycles. The maximum atomic E-state index is 10.9. The average Bonchev–Trinajstić information content (AvgIpc) is 2.11. The maximum Gasteiger partial charge on any atom is 0.261 e. The number of hydrogen-bond acceptors (Lipinski definition) is 2. The highest BCUT2D eigenvalue weighted by atomic mass is 16.2. The van der Waals surface area contributed by atoms with Crippen LogP contribution >= 0.6 is 0 Å². The highest BCUT2D eigenvalue weighted by Gasteiger charge is 2.06. The largest absolute Gasteiger partial charge is 0.369 e. The van der Waals surface area contributed by atoms with Gasteiger partial charge in [0.25, 0.3) is 5.91 Å². The van der Waals surface area contributed by atoms with E-state index in [1.807, 2.05) is 6.92 Å². The number of guanidine groups is 1. The smallest absolute Gasteiger partial charge is 0.261 e. The lowest BCUT2D eigenvalue weighted by Gasteiger charge is -2.21. The van der Waals surface area contributed by atoms with Crippen molar-refractivity contribution in [1.82, 2.24) is 10.4 Å². The van der Waals surface area contributed by atoms with Gasteiger partial charge in [-0.05, 0) is 12.5 Å². The Balaban J connectivity index is 4.01. The average molecular weight is 184 g/mol. The van der Waals surface area contributed by atoms with E-state index in [-0.39, 0.29) is 11.9 Å². The Morgan fingerprint density at radius 3 is 2.77 bits per heavy atom. The number of carbonyl (C=O) groups excluding carboxylic acids is 1. The summed E-state index contributed by atoms with van der Waals surface area (Å²) in [5, 5.41) is 8.45. The van der Waals surface area contributed by atoms with Crippen LogP contribution in [0.15, 0.2) is 12.7 Å². The lowest BCUT2D eigenvalue weighted by molar-refractivity contribution is -0.119. The first-order chi connectivity index (χ1) is 6.11. The van der Waals surface area contributed by atoms with E-state index in [1.54, 1.807) is 0 Å². The zero-order chi connectivity index (χ0) is 10.3. The number of hydrogen-bond donors (Lipinski definition) is 3. The Bertz CT molecular complexity index is 202. The first kappa shape index (κ1) is 11.5. The molecular formula is C8H16N4O. The Morgan fingerprint density at radius 1 is 1.77 bits per heavy atom. The summed E-state index contributed by atoms with van der Waals surface area (Å²) in [6.45, 7) is 5.87. The minimum absolute atomic E-state index is 0.163. The fourth-order valence-electron chi connectivity index (χ4n) is 0.731. The van der Waals surface area contributed by atoms with Crippen molar-refractivity contribution in [3.8, 4) is 0 Å². The summed E-state index contributed by atoms with van der Waals surface area (Å²) < 4.78 is 0. The molecule has 4 N–H and O–H groups in total. The summed E-state index contributed by atoms with van der Waals surface area (Å²) in [5.74, 6) is -0.519. The van der Waals surface area contributed by atoms with E-state index >= 15 is 0 Å². The number of nitrogens with two attached hydrogens (primary N) is 1. The third-order valence-corrected chi connectivity index (χ3v) is 1.46. The molecule has 0 aliphatic carbocycles. The number of nitrogens with zero attached hydrogens (tertiary/aromatic N) is 1. The van der Waals surface area contributed by atoms with Gasteiger partial charge in [-0.15, -0.1) is 0 Å². The van der Waals surface area contributed by atoms with Gasteiger partial charge in [0.15, 0.2) is 0 Å². The van der Waals surface area contributed by atoms with Gasteiger partial charge in [-0.3, -0.25) is 20.6 Å². The topological polar surface area (TPSA) is 82.2 Å². The van der Waals surface area contributed by atoms with Crippen LogP contribution < -0.4 is 11.2 Å². The normalized spacial score (nSPS) is 9.00. The highest BCUT2D eigenvalue weighted by molar-refractivity contribution is 5.88. The van der Waals surface area contributed by atoms with E-state index in [0.717, 1.165) is 18.9 Å². The minimum Gasteiger partial charge on any atom is -0.369 e. The van der Waals surface area contributed by atoms with Crippen molar-refractivity contribution in [3.05, 3.63) is 12.7 Å². The predicted molar refractivity (Wildman–Crippen MR) is 51.9 cm³/mol. The van der Waals surface area contributed by atoms with Crippen LogP contribution in [0, 0.1) is 5.41 Å². The Morgan fingerprint density at radius 2 is 2.38 bits per heavy atom. The van der Waals surface area contributed by atoms with Gasteiger partial charge >= 0.3 is 0 Å². The summed E-state index contributed by atoms with van der Waals surface area (Å²) in [6.07, 6.45) is 2.99. The van der Waals surface area contributed by atoms with Crippen LogP contribution in [0.5, 0.6) is 0 Å². The molecule has 74 valence electrons. The van der Waals surface area contributed by atoms with Gasteiger partial charge in [-0.1, -0.05) is 19.9 Å². The minimum atomic E-state index is -0.355. The first-order valence-electron chi connectivity index (χ1n) is 4.16. The van der Waals surface area contributed by atoms with E-state index in [1.165, 1.54) is 5.01 Å². The molecule has 0 unspecified atom stereocenters. The fraction of sp³-hybridized carbons (Fsp3) is 0.500. The van der Waals surface area contributed by atoms with E-state index < -0.39 is 0 Å². The molecule has 5 nitrogen and oxygen atoms in total. The summed E-state index contributed by atoms with van der Waals surface area (Å²) in [6, 6.07) is 0. The molecule has 0 fully saturated rings. The molecule has 0 radical (unpaired) electrons. The van der Waals surface area contributed by atoms with Crippen molar-refractivity contribution in [2.75, 3.05) is 6.54 Å². The van der Waals surface area contributed by atoms with E-state index in [9.17, 15) is 4.79 Å². The van der Waals surface area contributed by atoms with Crippen molar-refractivity contribution >= 4 is 11.9 Å². The molecule has 0 aliphatic heterocycles. The molecule has 0 heterocycles. The van der Waals surface area contributed by atoms with Crippen molar-refractivity contribution < 1.29 is 4.79 Å².